The van der Waals surface area contributed by atoms with Crippen LogP contribution in [0.4, 0.5) is 0 Å². The molecular formula is C30H31N3O2S. The molecule has 2 heterocycles. The third-order valence-corrected chi connectivity index (χ3v) is 7.82. The van der Waals surface area contributed by atoms with Crippen molar-refractivity contribution in [3.05, 3.63) is 105 Å². The highest BCUT2D eigenvalue weighted by molar-refractivity contribution is 7.17. The SMILES string of the molecule is CCCC(CC(=O)NCc1ccccc1)n1c(=O)n(Cc2csc3cccc(C)c23)c2ccccc21. The van der Waals surface area contributed by atoms with Crippen LogP contribution >= 0.6 is 11.3 Å². The van der Waals surface area contributed by atoms with Gasteiger partial charge in [0.25, 0.3) is 0 Å². The summed E-state index contributed by atoms with van der Waals surface area (Å²) in [5.74, 6) is -0.0412. The van der Waals surface area contributed by atoms with E-state index in [1.165, 1.54) is 15.6 Å². The largest absolute Gasteiger partial charge is 0.352 e. The Morgan fingerprint density at radius 2 is 1.72 bits per heavy atom. The van der Waals surface area contributed by atoms with Gasteiger partial charge in [-0.1, -0.05) is 67.9 Å². The highest BCUT2D eigenvalue weighted by Gasteiger charge is 2.23. The molecule has 36 heavy (non-hydrogen) atoms. The number of amides is 1. The molecule has 1 N–H and O–H groups in total. The summed E-state index contributed by atoms with van der Waals surface area (Å²) >= 11 is 1.72. The fourth-order valence-corrected chi connectivity index (χ4v) is 6.14. The minimum atomic E-state index is -0.203. The van der Waals surface area contributed by atoms with Gasteiger partial charge >= 0.3 is 5.69 Å². The molecule has 1 amide bonds. The lowest BCUT2D eigenvalue weighted by molar-refractivity contribution is -0.122. The maximum absolute atomic E-state index is 13.9. The van der Waals surface area contributed by atoms with Crippen LogP contribution in [0, 0.1) is 6.92 Å². The number of hydrogen-bond donors (Lipinski definition) is 1. The van der Waals surface area contributed by atoms with Crippen LogP contribution in [-0.2, 0) is 17.9 Å². The van der Waals surface area contributed by atoms with Gasteiger partial charge in [0.1, 0.15) is 0 Å². The zero-order valence-electron chi connectivity index (χ0n) is 20.7. The summed E-state index contributed by atoms with van der Waals surface area (Å²) in [5, 5.41) is 6.43. The summed E-state index contributed by atoms with van der Waals surface area (Å²) < 4.78 is 4.96. The second-order valence-electron chi connectivity index (χ2n) is 9.35. The van der Waals surface area contributed by atoms with Crippen LogP contribution in [-0.4, -0.2) is 15.0 Å². The molecule has 0 fully saturated rings. The van der Waals surface area contributed by atoms with E-state index in [1.807, 2.05) is 63.7 Å². The number of carbonyl (C=O) groups is 1. The Morgan fingerprint density at radius 3 is 2.50 bits per heavy atom. The maximum atomic E-state index is 13.9. The smallest absolute Gasteiger partial charge is 0.329 e. The number of nitrogens with zero attached hydrogens (tertiary/aromatic N) is 2. The molecule has 5 aromatic rings. The van der Waals surface area contributed by atoms with Gasteiger partial charge in [-0.2, -0.15) is 0 Å². The molecule has 0 radical (unpaired) electrons. The number of benzene rings is 3. The van der Waals surface area contributed by atoms with Crippen molar-refractivity contribution >= 4 is 38.4 Å². The normalized spacial score (nSPS) is 12.3. The van der Waals surface area contributed by atoms with Crippen LogP contribution in [0.5, 0.6) is 0 Å². The Hall–Kier alpha value is -3.64. The molecular weight excluding hydrogens is 466 g/mol. The van der Waals surface area contributed by atoms with Crippen LogP contribution in [0.15, 0.2) is 83.0 Å². The van der Waals surface area contributed by atoms with Crippen LogP contribution in [0.2, 0.25) is 0 Å². The average Bonchev–Trinajstić information content (AvgIpc) is 3.43. The Bertz CT molecular complexity index is 1560. The summed E-state index contributed by atoms with van der Waals surface area (Å²) in [7, 11) is 0. The summed E-state index contributed by atoms with van der Waals surface area (Å²) in [5.41, 5.74) is 5.17. The molecule has 0 aliphatic rings. The van der Waals surface area contributed by atoms with Crippen molar-refractivity contribution in [2.24, 2.45) is 0 Å². The van der Waals surface area contributed by atoms with E-state index in [9.17, 15) is 9.59 Å². The molecule has 3 aromatic carbocycles. The lowest BCUT2D eigenvalue weighted by Crippen LogP contribution is -2.32. The van der Waals surface area contributed by atoms with Crippen molar-refractivity contribution in [1.29, 1.82) is 0 Å². The Kier molecular flexibility index (Phi) is 7.05. The lowest BCUT2D eigenvalue weighted by Gasteiger charge is -2.18. The van der Waals surface area contributed by atoms with E-state index in [4.69, 9.17) is 0 Å². The van der Waals surface area contributed by atoms with E-state index in [0.29, 0.717) is 13.1 Å². The van der Waals surface area contributed by atoms with Crippen molar-refractivity contribution in [2.75, 3.05) is 0 Å². The molecule has 1 unspecified atom stereocenters. The predicted molar refractivity (Wildman–Crippen MR) is 149 cm³/mol. The third kappa shape index (κ3) is 4.73. The Labute approximate surface area is 215 Å². The Morgan fingerprint density at radius 1 is 0.972 bits per heavy atom. The van der Waals surface area contributed by atoms with Crippen LogP contribution in [0.1, 0.15) is 48.9 Å². The number of nitrogens with one attached hydrogen (secondary N) is 1. The molecule has 5 rings (SSSR count). The van der Waals surface area contributed by atoms with Crippen molar-refractivity contribution in [3.8, 4) is 0 Å². The second-order valence-corrected chi connectivity index (χ2v) is 10.3. The van der Waals surface area contributed by atoms with E-state index in [2.05, 4.69) is 42.7 Å². The van der Waals surface area contributed by atoms with Gasteiger partial charge < -0.3 is 5.32 Å². The van der Waals surface area contributed by atoms with E-state index in [1.54, 1.807) is 11.3 Å². The van der Waals surface area contributed by atoms with Gasteiger partial charge in [-0.3, -0.25) is 13.9 Å². The maximum Gasteiger partial charge on any atom is 0.329 e. The molecule has 6 heteroatoms. The molecule has 0 spiro atoms. The Balaban J connectivity index is 1.48. The lowest BCUT2D eigenvalue weighted by atomic mass is 10.1. The van der Waals surface area contributed by atoms with E-state index in [-0.39, 0.29) is 24.1 Å². The van der Waals surface area contributed by atoms with Gasteiger partial charge in [-0.25, -0.2) is 4.79 Å². The highest BCUT2D eigenvalue weighted by atomic mass is 32.1. The zero-order valence-corrected chi connectivity index (χ0v) is 21.6. The molecule has 1 atom stereocenters. The van der Waals surface area contributed by atoms with Gasteiger partial charge in [0.15, 0.2) is 0 Å². The third-order valence-electron chi connectivity index (χ3n) is 6.82. The van der Waals surface area contributed by atoms with Crippen molar-refractivity contribution in [2.45, 2.75) is 52.2 Å². The number of hydrogen-bond acceptors (Lipinski definition) is 3. The second kappa shape index (κ2) is 10.5. The first kappa shape index (κ1) is 24.1. The molecule has 184 valence electrons. The number of para-hydroxylation sites is 2. The van der Waals surface area contributed by atoms with Crippen LogP contribution in [0.3, 0.4) is 0 Å². The minimum Gasteiger partial charge on any atom is -0.352 e. The summed E-state index contributed by atoms with van der Waals surface area (Å²) in [6, 6.07) is 24.0. The first-order valence-corrected chi connectivity index (χ1v) is 13.4. The molecule has 5 nitrogen and oxygen atoms in total. The molecule has 0 saturated heterocycles. The molecule has 0 aliphatic heterocycles. The number of rotatable bonds is 9. The number of carbonyl (C=O) groups excluding carboxylic acids is 1. The first-order chi connectivity index (χ1) is 17.6. The van der Waals surface area contributed by atoms with Crippen molar-refractivity contribution in [3.63, 3.8) is 0 Å². The van der Waals surface area contributed by atoms with Gasteiger partial charge in [-0.15, -0.1) is 11.3 Å². The van der Waals surface area contributed by atoms with E-state index >= 15 is 0 Å². The fraction of sp³-hybridized carbons (Fsp3) is 0.267. The van der Waals surface area contributed by atoms with Crippen LogP contribution < -0.4 is 11.0 Å². The van der Waals surface area contributed by atoms with Crippen molar-refractivity contribution in [1.82, 2.24) is 14.5 Å². The van der Waals surface area contributed by atoms with Gasteiger partial charge in [0.05, 0.1) is 17.6 Å². The van der Waals surface area contributed by atoms with Gasteiger partial charge in [0, 0.05) is 29.1 Å². The number of fused-ring (bicyclic) bond motifs is 2. The number of imidazole rings is 1. The monoisotopic (exact) mass is 497 g/mol. The summed E-state index contributed by atoms with van der Waals surface area (Å²) in [4.78, 5) is 26.8. The van der Waals surface area contributed by atoms with E-state index < -0.39 is 0 Å². The molecule has 0 bridgehead atoms. The topological polar surface area (TPSA) is 56.0 Å². The first-order valence-electron chi connectivity index (χ1n) is 12.5. The zero-order chi connectivity index (χ0) is 25.1. The number of thiophene rings is 1. The summed E-state index contributed by atoms with van der Waals surface area (Å²) in [6.07, 6.45) is 1.92. The van der Waals surface area contributed by atoms with Crippen LogP contribution in [0.25, 0.3) is 21.1 Å². The number of aryl methyl sites for hydroxylation is 1. The summed E-state index contributed by atoms with van der Waals surface area (Å²) in [6.45, 7) is 5.21. The quantitative estimate of drug-likeness (QED) is 0.255. The minimum absolute atomic E-state index is 0.0412. The van der Waals surface area contributed by atoms with E-state index in [0.717, 1.165) is 35.0 Å². The number of aromatic nitrogens is 2. The molecule has 2 aromatic heterocycles. The van der Waals surface area contributed by atoms with Crippen molar-refractivity contribution < 1.29 is 4.79 Å². The fourth-order valence-electron chi connectivity index (χ4n) is 5.11. The average molecular weight is 498 g/mol. The van der Waals surface area contributed by atoms with Gasteiger partial charge in [-0.05, 0) is 53.6 Å². The standard InChI is InChI=1S/C30H31N3O2S/c1-3-10-24(17-28(34)31-18-22-12-5-4-6-13-22)33-26-15-8-7-14-25(26)32(30(33)35)19-23-20-36-27-16-9-11-21(2)29(23)27/h4-9,11-16,20,24H,3,10,17-19H2,1-2H3,(H,31,34). The van der Waals surface area contributed by atoms with Gasteiger partial charge in [0.2, 0.25) is 5.91 Å². The molecule has 0 saturated carbocycles. The predicted octanol–water partition coefficient (Wildman–Crippen LogP) is 6.42. The molecule has 0 aliphatic carbocycles. The highest BCUT2D eigenvalue weighted by Crippen LogP contribution is 2.30.